The molecule has 2 aromatic carbocycles. The molecule has 5 heteroatoms. The molecule has 3 nitrogen and oxygen atoms in total. The SMILES string of the molecule is CNc1ccc(-c2nc3ccc(O)cc3s2)cc1Cl. The van der Waals surface area contributed by atoms with Gasteiger partial charge in [-0.3, -0.25) is 0 Å². The van der Waals surface area contributed by atoms with E-state index >= 15 is 0 Å². The average Bonchev–Trinajstić information content (AvgIpc) is 2.81. The average molecular weight is 291 g/mol. The van der Waals surface area contributed by atoms with E-state index in [4.69, 9.17) is 11.6 Å². The minimum absolute atomic E-state index is 0.256. The molecule has 0 atom stereocenters. The van der Waals surface area contributed by atoms with Gasteiger partial charge in [0, 0.05) is 12.6 Å². The van der Waals surface area contributed by atoms with Crippen LogP contribution in [0.15, 0.2) is 36.4 Å². The van der Waals surface area contributed by atoms with E-state index in [1.54, 1.807) is 12.1 Å². The summed E-state index contributed by atoms with van der Waals surface area (Å²) in [5.74, 6) is 0.256. The number of rotatable bonds is 2. The lowest BCUT2D eigenvalue weighted by Gasteiger charge is -2.04. The van der Waals surface area contributed by atoms with Crippen LogP contribution in [0, 0.1) is 0 Å². The van der Waals surface area contributed by atoms with Crippen molar-refractivity contribution in [1.82, 2.24) is 4.98 Å². The van der Waals surface area contributed by atoms with Gasteiger partial charge in [0.15, 0.2) is 0 Å². The fourth-order valence-corrected chi connectivity index (χ4v) is 3.16. The van der Waals surface area contributed by atoms with Gasteiger partial charge in [0.05, 0.1) is 20.9 Å². The molecule has 0 aliphatic rings. The zero-order chi connectivity index (χ0) is 13.4. The first kappa shape index (κ1) is 12.3. The van der Waals surface area contributed by atoms with Crippen molar-refractivity contribution in [3.05, 3.63) is 41.4 Å². The van der Waals surface area contributed by atoms with Crippen LogP contribution in [0.3, 0.4) is 0 Å². The van der Waals surface area contributed by atoms with Crippen molar-refractivity contribution in [2.75, 3.05) is 12.4 Å². The Bertz CT molecular complexity index is 754. The van der Waals surface area contributed by atoms with E-state index in [1.165, 1.54) is 11.3 Å². The second-order valence-electron chi connectivity index (χ2n) is 4.12. The number of aromatic hydroxyl groups is 1. The number of phenolic OH excluding ortho intramolecular Hbond substituents is 1. The lowest BCUT2D eigenvalue weighted by molar-refractivity contribution is 0.476. The number of benzene rings is 2. The molecule has 1 aromatic heterocycles. The summed E-state index contributed by atoms with van der Waals surface area (Å²) >= 11 is 7.71. The normalized spacial score (nSPS) is 10.8. The van der Waals surface area contributed by atoms with E-state index in [-0.39, 0.29) is 5.75 Å². The van der Waals surface area contributed by atoms with E-state index in [2.05, 4.69) is 10.3 Å². The lowest BCUT2D eigenvalue weighted by Crippen LogP contribution is -1.88. The van der Waals surface area contributed by atoms with Crippen LogP contribution in [0.4, 0.5) is 5.69 Å². The summed E-state index contributed by atoms with van der Waals surface area (Å²) in [7, 11) is 1.83. The Hall–Kier alpha value is -1.78. The van der Waals surface area contributed by atoms with Crippen molar-refractivity contribution in [3.63, 3.8) is 0 Å². The molecule has 3 rings (SSSR count). The summed E-state index contributed by atoms with van der Waals surface area (Å²) in [4.78, 5) is 4.55. The Labute approximate surface area is 119 Å². The zero-order valence-corrected chi connectivity index (χ0v) is 11.7. The molecule has 0 aliphatic carbocycles. The number of hydrogen-bond acceptors (Lipinski definition) is 4. The predicted molar refractivity (Wildman–Crippen MR) is 81.3 cm³/mol. The van der Waals surface area contributed by atoms with Crippen molar-refractivity contribution in [1.29, 1.82) is 0 Å². The van der Waals surface area contributed by atoms with Gasteiger partial charge in [-0.05, 0) is 36.4 Å². The Morgan fingerprint density at radius 3 is 2.79 bits per heavy atom. The van der Waals surface area contributed by atoms with E-state index in [1.807, 2.05) is 31.3 Å². The summed E-state index contributed by atoms with van der Waals surface area (Å²) in [5, 5.41) is 14.1. The summed E-state index contributed by atoms with van der Waals surface area (Å²) in [6.07, 6.45) is 0. The smallest absolute Gasteiger partial charge is 0.124 e. The Morgan fingerprint density at radius 2 is 2.05 bits per heavy atom. The van der Waals surface area contributed by atoms with Gasteiger partial charge < -0.3 is 10.4 Å². The minimum atomic E-state index is 0.256. The topological polar surface area (TPSA) is 45.2 Å². The third-order valence-corrected chi connectivity index (χ3v) is 4.24. The van der Waals surface area contributed by atoms with Crippen molar-refractivity contribution in [2.24, 2.45) is 0 Å². The third kappa shape index (κ3) is 2.25. The van der Waals surface area contributed by atoms with Crippen LogP contribution in [0.5, 0.6) is 5.75 Å². The van der Waals surface area contributed by atoms with Gasteiger partial charge in [-0.25, -0.2) is 4.98 Å². The number of fused-ring (bicyclic) bond motifs is 1. The van der Waals surface area contributed by atoms with E-state index in [9.17, 15) is 5.11 Å². The van der Waals surface area contributed by atoms with Gasteiger partial charge in [-0.2, -0.15) is 0 Å². The summed E-state index contributed by atoms with van der Waals surface area (Å²) < 4.78 is 0.962. The van der Waals surface area contributed by atoms with Gasteiger partial charge >= 0.3 is 0 Å². The van der Waals surface area contributed by atoms with Crippen molar-refractivity contribution in [3.8, 4) is 16.3 Å². The number of anilines is 1. The molecule has 0 unspecified atom stereocenters. The van der Waals surface area contributed by atoms with E-state index in [0.717, 1.165) is 26.5 Å². The molecule has 19 heavy (non-hydrogen) atoms. The third-order valence-electron chi connectivity index (χ3n) is 2.86. The molecule has 0 amide bonds. The minimum Gasteiger partial charge on any atom is -0.508 e. The van der Waals surface area contributed by atoms with Crippen LogP contribution in [-0.4, -0.2) is 17.1 Å². The van der Waals surface area contributed by atoms with Crippen LogP contribution in [-0.2, 0) is 0 Å². The molecule has 1 heterocycles. The van der Waals surface area contributed by atoms with Crippen LogP contribution in [0.1, 0.15) is 0 Å². The maximum Gasteiger partial charge on any atom is 0.124 e. The molecular weight excluding hydrogens is 280 g/mol. The summed E-state index contributed by atoms with van der Waals surface area (Å²) in [6.45, 7) is 0. The van der Waals surface area contributed by atoms with Gasteiger partial charge in [0.1, 0.15) is 10.8 Å². The van der Waals surface area contributed by atoms with Gasteiger partial charge in [-0.1, -0.05) is 11.6 Å². The molecule has 0 radical (unpaired) electrons. The molecule has 0 fully saturated rings. The molecule has 0 spiro atoms. The fraction of sp³-hybridized carbons (Fsp3) is 0.0714. The van der Waals surface area contributed by atoms with Crippen molar-refractivity contribution < 1.29 is 5.11 Å². The highest BCUT2D eigenvalue weighted by atomic mass is 35.5. The Kier molecular flexibility index (Phi) is 3.05. The van der Waals surface area contributed by atoms with Gasteiger partial charge in [0.2, 0.25) is 0 Å². The summed E-state index contributed by atoms with van der Waals surface area (Å²) in [5.41, 5.74) is 2.75. The zero-order valence-electron chi connectivity index (χ0n) is 10.1. The number of nitrogens with one attached hydrogen (secondary N) is 1. The van der Waals surface area contributed by atoms with Crippen LogP contribution in [0.25, 0.3) is 20.8 Å². The molecular formula is C14H11ClN2OS. The Balaban J connectivity index is 2.11. The first-order chi connectivity index (χ1) is 9.17. The molecule has 96 valence electrons. The standard InChI is InChI=1S/C14H11ClN2OS/c1-16-11-4-2-8(6-10(11)15)14-17-12-5-3-9(18)7-13(12)19-14/h2-7,16,18H,1H3. The number of thiazole rings is 1. The number of hydrogen-bond donors (Lipinski definition) is 2. The number of phenols is 1. The van der Waals surface area contributed by atoms with Crippen LogP contribution in [0.2, 0.25) is 5.02 Å². The first-order valence-corrected chi connectivity index (χ1v) is 6.94. The van der Waals surface area contributed by atoms with Crippen molar-refractivity contribution >= 4 is 38.8 Å². The maximum absolute atomic E-state index is 9.47. The highest BCUT2D eigenvalue weighted by Gasteiger charge is 2.08. The molecule has 0 bridgehead atoms. The molecule has 3 aromatic rings. The maximum atomic E-state index is 9.47. The second kappa shape index (κ2) is 4.72. The van der Waals surface area contributed by atoms with Gasteiger partial charge in [-0.15, -0.1) is 11.3 Å². The highest BCUT2D eigenvalue weighted by molar-refractivity contribution is 7.21. The lowest BCUT2D eigenvalue weighted by atomic mass is 10.2. The first-order valence-electron chi connectivity index (χ1n) is 5.74. The predicted octanol–water partition coefficient (Wildman–Crippen LogP) is 4.36. The second-order valence-corrected chi connectivity index (χ2v) is 5.55. The number of aromatic nitrogens is 1. The Morgan fingerprint density at radius 1 is 1.21 bits per heavy atom. The monoisotopic (exact) mass is 290 g/mol. The largest absolute Gasteiger partial charge is 0.508 e. The quantitative estimate of drug-likeness (QED) is 0.737. The van der Waals surface area contributed by atoms with Crippen LogP contribution >= 0.6 is 22.9 Å². The van der Waals surface area contributed by atoms with E-state index < -0.39 is 0 Å². The van der Waals surface area contributed by atoms with E-state index in [0.29, 0.717) is 5.02 Å². The fourth-order valence-electron chi connectivity index (χ4n) is 1.89. The molecule has 0 saturated carbocycles. The molecule has 0 aliphatic heterocycles. The van der Waals surface area contributed by atoms with Crippen LogP contribution < -0.4 is 5.32 Å². The number of nitrogens with zero attached hydrogens (tertiary/aromatic N) is 1. The number of halogens is 1. The van der Waals surface area contributed by atoms with Crippen molar-refractivity contribution in [2.45, 2.75) is 0 Å². The molecule has 2 N–H and O–H groups in total. The van der Waals surface area contributed by atoms with Gasteiger partial charge in [0.25, 0.3) is 0 Å². The summed E-state index contributed by atoms with van der Waals surface area (Å²) in [6, 6.07) is 11.0. The highest BCUT2D eigenvalue weighted by Crippen LogP contribution is 2.34. The molecule has 0 saturated heterocycles.